The Labute approximate surface area is 123 Å². The van der Waals surface area contributed by atoms with Gasteiger partial charge in [0.25, 0.3) is 0 Å². The van der Waals surface area contributed by atoms with Crippen LogP contribution in [-0.4, -0.2) is 20.6 Å². The zero-order valence-corrected chi connectivity index (χ0v) is 11.9. The summed E-state index contributed by atoms with van der Waals surface area (Å²) in [4.78, 5) is 8.76. The summed E-state index contributed by atoms with van der Waals surface area (Å²) in [6.07, 6.45) is 12.7. The van der Waals surface area contributed by atoms with Gasteiger partial charge in [0.1, 0.15) is 0 Å². The molecule has 3 aromatic rings. The highest BCUT2D eigenvalue weighted by Gasteiger charge is 2.17. The first-order valence-corrected chi connectivity index (χ1v) is 7.55. The van der Waals surface area contributed by atoms with Gasteiger partial charge in [0.05, 0.1) is 5.69 Å². The maximum atomic E-state index is 4.49. The summed E-state index contributed by atoms with van der Waals surface area (Å²) >= 11 is 0. The lowest BCUT2D eigenvalue weighted by Crippen LogP contribution is -2.17. The quantitative estimate of drug-likeness (QED) is 0.793. The Hall–Kier alpha value is -2.36. The molecule has 0 saturated heterocycles. The standard InChI is InChI=1S/C17H18N4/c1-2-6-14(5-1)20-17-19-10-11-21(17)16-7-3-4-13-8-9-18-12-15(13)16/h3-4,7-12,14H,1-2,5-6H2,(H,19,20). The van der Waals surface area contributed by atoms with Crippen LogP contribution in [0.15, 0.2) is 49.1 Å². The number of imidazole rings is 1. The van der Waals surface area contributed by atoms with Crippen LogP contribution >= 0.6 is 0 Å². The molecule has 1 aliphatic rings. The van der Waals surface area contributed by atoms with Gasteiger partial charge in [0.15, 0.2) is 0 Å². The van der Waals surface area contributed by atoms with Gasteiger partial charge in [-0.3, -0.25) is 9.55 Å². The number of hydrogen-bond acceptors (Lipinski definition) is 3. The summed E-state index contributed by atoms with van der Waals surface area (Å²) < 4.78 is 2.13. The van der Waals surface area contributed by atoms with Gasteiger partial charge in [0, 0.05) is 36.2 Å². The minimum Gasteiger partial charge on any atom is -0.353 e. The number of hydrogen-bond donors (Lipinski definition) is 1. The van der Waals surface area contributed by atoms with Crippen LogP contribution in [0.4, 0.5) is 5.95 Å². The summed E-state index contributed by atoms with van der Waals surface area (Å²) in [7, 11) is 0. The smallest absolute Gasteiger partial charge is 0.207 e. The molecule has 2 aromatic heterocycles. The van der Waals surface area contributed by atoms with E-state index in [1.165, 1.54) is 31.1 Å². The third-order valence-electron chi connectivity index (χ3n) is 4.25. The first-order valence-electron chi connectivity index (χ1n) is 7.55. The number of nitrogens with zero attached hydrogens (tertiary/aromatic N) is 3. The Bertz CT molecular complexity index is 751. The highest BCUT2D eigenvalue weighted by Crippen LogP contribution is 2.26. The van der Waals surface area contributed by atoms with Crippen molar-refractivity contribution in [3.05, 3.63) is 49.1 Å². The molecule has 0 aliphatic heterocycles. The number of pyridine rings is 1. The molecule has 1 aliphatic carbocycles. The number of anilines is 1. The fourth-order valence-electron chi connectivity index (χ4n) is 3.16. The second-order valence-corrected chi connectivity index (χ2v) is 5.62. The fraction of sp³-hybridized carbons (Fsp3) is 0.294. The Morgan fingerprint density at radius 1 is 1.10 bits per heavy atom. The predicted molar refractivity (Wildman–Crippen MR) is 84.7 cm³/mol. The first kappa shape index (κ1) is 12.4. The summed E-state index contributed by atoms with van der Waals surface area (Å²) in [6, 6.07) is 8.91. The second-order valence-electron chi connectivity index (χ2n) is 5.62. The molecular formula is C17H18N4. The highest BCUT2D eigenvalue weighted by atomic mass is 15.2. The van der Waals surface area contributed by atoms with E-state index in [0.29, 0.717) is 6.04 Å². The third-order valence-corrected chi connectivity index (χ3v) is 4.25. The number of benzene rings is 1. The highest BCUT2D eigenvalue weighted by molar-refractivity contribution is 5.89. The number of rotatable bonds is 3. The van der Waals surface area contributed by atoms with Crippen LogP contribution in [0, 0.1) is 0 Å². The van der Waals surface area contributed by atoms with Crippen LogP contribution in [0.2, 0.25) is 0 Å². The molecule has 106 valence electrons. The molecule has 1 aromatic carbocycles. The molecule has 0 bridgehead atoms. The summed E-state index contributed by atoms with van der Waals surface area (Å²) in [5, 5.41) is 5.93. The average molecular weight is 278 g/mol. The Kier molecular flexibility index (Phi) is 3.07. The average Bonchev–Trinajstić information content (AvgIpc) is 3.19. The van der Waals surface area contributed by atoms with E-state index in [-0.39, 0.29) is 0 Å². The molecule has 0 unspecified atom stereocenters. The van der Waals surface area contributed by atoms with E-state index < -0.39 is 0 Å². The van der Waals surface area contributed by atoms with Gasteiger partial charge in [0.2, 0.25) is 5.95 Å². The fourth-order valence-corrected chi connectivity index (χ4v) is 3.16. The molecule has 4 heteroatoms. The van der Waals surface area contributed by atoms with Crippen molar-refractivity contribution in [1.82, 2.24) is 14.5 Å². The molecule has 0 radical (unpaired) electrons. The van der Waals surface area contributed by atoms with E-state index in [9.17, 15) is 0 Å². The lowest BCUT2D eigenvalue weighted by Gasteiger charge is -2.15. The van der Waals surface area contributed by atoms with Gasteiger partial charge in [-0.25, -0.2) is 4.98 Å². The van der Waals surface area contributed by atoms with Crippen molar-refractivity contribution < 1.29 is 0 Å². The van der Waals surface area contributed by atoms with Crippen LogP contribution in [0.5, 0.6) is 0 Å². The maximum absolute atomic E-state index is 4.49. The molecule has 0 amide bonds. The molecule has 1 saturated carbocycles. The van der Waals surface area contributed by atoms with Crippen molar-refractivity contribution >= 4 is 16.7 Å². The van der Waals surface area contributed by atoms with Gasteiger partial charge in [-0.15, -0.1) is 0 Å². The van der Waals surface area contributed by atoms with Crippen molar-refractivity contribution in [2.45, 2.75) is 31.7 Å². The first-order chi connectivity index (χ1) is 10.4. The monoisotopic (exact) mass is 278 g/mol. The zero-order valence-electron chi connectivity index (χ0n) is 11.9. The largest absolute Gasteiger partial charge is 0.353 e. The van der Waals surface area contributed by atoms with Crippen LogP contribution in [0.3, 0.4) is 0 Å². The summed E-state index contributed by atoms with van der Waals surface area (Å²) in [5.41, 5.74) is 1.12. The van der Waals surface area contributed by atoms with E-state index >= 15 is 0 Å². The molecule has 1 fully saturated rings. The SMILES string of the molecule is c1cc(-n2ccnc2NC2CCCC2)c2cnccc2c1. The second kappa shape index (κ2) is 5.20. The van der Waals surface area contributed by atoms with E-state index in [4.69, 9.17) is 0 Å². The van der Waals surface area contributed by atoms with Crippen molar-refractivity contribution in [2.75, 3.05) is 5.32 Å². The van der Waals surface area contributed by atoms with Crippen LogP contribution in [0.1, 0.15) is 25.7 Å². The minimum absolute atomic E-state index is 0.555. The molecule has 2 heterocycles. The van der Waals surface area contributed by atoms with Gasteiger partial charge >= 0.3 is 0 Å². The predicted octanol–water partition coefficient (Wildman–Crippen LogP) is 3.78. The molecule has 4 nitrogen and oxygen atoms in total. The van der Waals surface area contributed by atoms with E-state index in [1.807, 2.05) is 30.9 Å². The number of fused-ring (bicyclic) bond motifs is 1. The molecular weight excluding hydrogens is 260 g/mol. The molecule has 1 N–H and O–H groups in total. The minimum atomic E-state index is 0.555. The number of nitrogens with one attached hydrogen (secondary N) is 1. The van der Waals surface area contributed by atoms with Gasteiger partial charge in [-0.2, -0.15) is 0 Å². The van der Waals surface area contributed by atoms with Crippen LogP contribution in [0.25, 0.3) is 16.5 Å². The van der Waals surface area contributed by atoms with Crippen LogP contribution < -0.4 is 5.32 Å². The van der Waals surface area contributed by atoms with Gasteiger partial charge < -0.3 is 5.32 Å². The zero-order chi connectivity index (χ0) is 14.1. The molecule has 0 spiro atoms. The van der Waals surface area contributed by atoms with Crippen molar-refractivity contribution in [3.63, 3.8) is 0 Å². The van der Waals surface area contributed by atoms with E-state index in [0.717, 1.165) is 17.0 Å². The van der Waals surface area contributed by atoms with Crippen LogP contribution in [-0.2, 0) is 0 Å². The lowest BCUT2D eigenvalue weighted by molar-refractivity contribution is 0.741. The third kappa shape index (κ3) is 2.27. The van der Waals surface area contributed by atoms with Gasteiger partial charge in [-0.05, 0) is 30.4 Å². The summed E-state index contributed by atoms with van der Waals surface area (Å²) in [5.74, 6) is 0.929. The summed E-state index contributed by atoms with van der Waals surface area (Å²) in [6.45, 7) is 0. The van der Waals surface area contributed by atoms with E-state index in [2.05, 4.69) is 38.1 Å². The molecule has 21 heavy (non-hydrogen) atoms. The Morgan fingerprint density at radius 3 is 2.90 bits per heavy atom. The maximum Gasteiger partial charge on any atom is 0.207 e. The normalized spacial score (nSPS) is 15.6. The number of aromatic nitrogens is 3. The molecule has 0 atom stereocenters. The Morgan fingerprint density at radius 2 is 2.00 bits per heavy atom. The topological polar surface area (TPSA) is 42.7 Å². The lowest BCUT2D eigenvalue weighted by atomic mass is 10.1. The van der Waals surface area contributed by atoms with Crippen molar-refractivity contribution in [1.29, 1.82) is 0 Å². The van der Waals surface area contributed by atoms with Crippen molar-refractivity contribution in [2.24, 2.45) is 0 Å². The van der Waals surface area contributed by atoms with E-state index in [1.54, 1.807) is 0 Å². The Balaban J connectivity index is 1.77. The van der Waals surface area contributed by atoms with Crippen molar-refractivity contribution in [3.8, 4) is 5.69 Å². The molecule has 4 rings (SSSR count). The van der Waals surface area contributed by atoms with Gasteiger partial charge in [-0.1, -0.05) is 25.0 Å².